The van der Waals surface area contributed by atoms with E-state index in [0.29, 0.717) is 17.9 Å². The molecular weight excluding hydrogens is 331 g/mol. The second kappa shape index (κ2) is 5.98. The van der Waals surface area contributed by atoms with Crippen LogP contribution < -0.4 is 15.8 Å². The third-order valence-electron chi connectivity index (χ3n) is 3.99. The van der Waals surface area contributed by atoms with Crippen molar-refractivity contribution in [3.63, 3.8) is 0 Å². The number of ether oxygens (including phenoxy) is 1. The van der Waals surface area contributed by atoms with Crippen LogP contribution in [0.4, 0.5) is 10.1 Å². The number of hydrogen-bond acceptors (Lipinski definition) is 3. The van der Waals surface area contributed by atoms with Gasteiger partial charge in [0.2, 0.25) is 0 Å². The Hall–Kier alpha value is -2.27. The number of fused-ring (bicyclic) bond motifs is 1. The van der Waals surface area contributed by atoms with Crippen LogP contribution >= 0.6 is 11.6 Å². The number of benzene rings is 2. The van der Waals surface area contributed by atoms with Gasteiger partial charge in [0.15, 0.2) is 0 Å². The van der Waals surface area contributed by atoms with Crippen molar-refractivity contribution in [3.8, 4) is 5.75 Å². The molecule has 1 aliphatic rings. The Kier molecular flexibility index (Phi) is 4.13. The maximum absolute atomic E-state index is 13.6. The minimum atomic E-state index is -0.624. The summed E-state index contributed by atoms with van der Waals surface area (Å²) in [6.07, 6.45) is 0.558. The van der Waals surface area contributed by atoms with Crippen LogP contribution in [0.2, 0.25) is 5.02 Å². The van der Waals surface area contributed by atoms with Gasteiger partial charge in [-0.15, -0.1) is 0 Å². The molecule has 0 aliphatic carbocycles. The lowest BCUT2D eigenvalue weighted by atomic mass is 9.89. The lowest BCUT2D eigenvalue weighted by molar-refractivity contribution is 0.0620. The second-order valence-electron chi connectivity index (χ2n) is 6.49. The Bertz CT molecular complexity index is 808. The fourth-order valence-electron chi connectivity index (χ4n) is 2.92. The molecule has 0 radical (unpaired) electrons. The van der Waals surface area contributed by atoms with Crippen LogP contribution in [0.5, 0.6) is 5.75 Å². The summed E-state index contributed by atoms with van der Waals surface area (Å²) in [6.45, 7) is 3.89. The van der Waals surface area contributed by atoms with Crippen LogP contribution in [-0.2, 0) is 0 Å². The molecule has 126 valence electrons. The van der Waals surface area contributed by atoms with Crippen LogP contribution in [0.15, 0.2) is 36.4 Å². The van der Waals surface area contributed by atoms with Gasteiger partial charge in [0.25, 0.3) is 5.91 Å². The van der Waals surface area contributed by atoms with Gasteiger partial charge in [-0.1, -0.05) is 17.7 Å². The van der Waals surface area contributed by atoms with E-state index in [1.807, 2.05) is 13.8 Å². The minimum Gasteiger partial charge on any atom is -0.487 e. The lowest BCUT2D eigenvalue weighted by Gasteiger charge is -2.38. The Morgan fingerprint density at radius 3 is 2.88 bits per heavy atom. The topological polar surface area (TPSA) is 64.4 Å². The molecule has 0 spiro atoms. The first-order valence-electron chi connectivity index (χ1n) is 7.60. The van der Waals surface area contributed by atoms with Gasteiger partial charge < -0.3 is 15.8 Å². The molecule has 3 rings (SSSR count). The Morgan fingerprint density at radius 2 is 2.12 bits per heavy atom. The van der Waals surface area contributed by atoms with Crippen molar-refractivity contribution in [3.05, 3.63) is 58.4 Å². The number of amides is 1. The van der Waals surface area contributed by atoms with Crippen LogP contribution in [-0.4, -0.2) is 11.5 Å². The van der Waals surface area contributed by atoms with E-state index in [9.17, 15) is 9.18 Å². The number of nitrogens with two attached hydrogens (primary N) is 1. The zero-order valence-electron chi connectivity index (χ0n) is 13.4. The van der Waals surface area contributed by atoms with Crippen molar-refractivity contribution < 1.29 is 13.9 Å². The number of rotatable bonds is 2. The lowest BCUT2D eigenvalue weighted by Crippen LogP contribution is -2.41. The predicted octanol–water partition coefficient (Wildman–Crippen LogP) is 4.09. The normalized spacial score (nSPS) is 18.4. The van der Waals surface area contributed by atoms with Crippen molar-refractivity contribution in [2.75, 3.05) is 5.73 Å². The monoisotopic (exact) mass is 348 g/mol. The molecule has 2 aromatic rings. The van der Waals surface area contributed by atoms with E-state index in [1.165, 1.54) is 18.2 Å². The number of carbonyl (C=O) groups excluding carboxylic acids is 1. The zero-order chi connectivity index (χ0) is 17.5. The Labute approximate surface area is 144 Å². The summed E-state index contributed by atoms with van der Waals surface area (Å²) >= 11 is 5.91. The highest BCUT2D eigenvalue weighted by atomic mass is 35.5. The molecule has 1 amide bonds. The van der Waals surface area contributed by atoms with Crippen LogP contribution in [0.3, 0.4) is 0 Å². The van der Waals surface area contributed by atoms with Crippen molar-refractivity contribution in [1.82, 2.24) is 5.32 Å². The summed E-state index contributed by atoms with van der Waals surface area (Å²) in [5, 5.41) is 2.73. The molecule has 1 heterocycles. The van der Waals surface area contributed by atoms with Gasteiger partial charge in [-0.05, 0) is 44.2 Å². The Balaban J connectivity index is 1.93. The van der Waals surface area contributed by atoms with Crippen LogP contribution in [0.25, 0.3) is 0 Å². The van der Waals surface area contributed by atoms with Gasteiger partial charge in [0.05, 0.1) is 16.6 Å². The molecule has 24 heavy (non-hydrogen) atoms. The summed E-state index contributed by atoms with van der Waals surface area (Å²) in [7, 11) is 0. The number of carbonyl (C=O) groups is 1. The van der Waals surface area contributed by atoms with E-state index in [4.69, 9.17) is 22.1 Å². The standard InChI is InChI=1S/C18H18ClFN2O2/c1-18(2)9-14(12-8-10(21)6-7-15(12)24-18)22-17(23)11-4-3-5-13(20)16(11)19/h3-8,14H,9,21H2,1-2H3,(H,22,23). The smallest absolute Gasteiger partial charge is 0.253 e. The first-order valence-corrected chi connectivity index (χ1v) is 7.98. The average molecular weight is 349 g/mol. The summed E-state index contributed by atoms with van der Waals surface area (Å²) in [4.78, 5) is 12.6. The van der Waals surface area contributed by atoms with Crippen LogP contribution in [0, 0.1) is 5.82 Å². The SMILES string of the molecule is CC1(C)CC(NC(=O)c2cccc(F)c2Cl)c2cc(N)ccc2O1. The van der Waals surface area contributed by atoms with Crippen molar-refractivity contribution in [2.24, 2.45) is 0 Å². The number of nitrogens with one attached hydrogen (secondary N) is 1. The molecule has 4 nitrogen and oxygen atoms in total. The van der Waals surface area contributed by atoms with Gasteiger partial charge in [-0.2, -0.15) is 0 Å². The third-order valence-corrected chi connectivity index (χ3v) is 4.38. The van der Waals surface area contributed by atoms with E-state index in [1.54, 1.807) is 18.2 Å². The number of nitrogen functional groups attached to an aromatic ring is 1. The fourth-order valence-corrected chi connectivity index (χ4v) is 3.13. The molecular formula is C18H18ClFN2O2. The molecule has 1 unspecified atom stereocenters. The summed E-state index contributed by atoms with van der Waals surface area (Å²) in [6, 6.07) is 9.18. The molecule has 0 bridgehead atoms. The summed E-state index contributed by atoms with van der Waals surface area (Å²) < 4.78 is 19.5. The van der Waals surface area contributed by atoms with E-state index in [2.05, 4.69) is 5.32 Å². The Morgan fingerprint density at radius 1 is 1.38 bits per heavy atom. The third kappa shape index (κ3) is 3.17. The number of hydrogen-bond donors (Lipinski definition) is 2. The molecule has 0 aromatic heterocycles. The minimum absolute atomic E-state index is 0.103. The highest BCUT2D eigenvalue weighted by molar-refractivity contribution is 6.34. The summed E-state index contributed by atoms with van der Waals surface area (Å²) in [5.74, 6) is -0.382. The maximum Gasteiger partial charge on any atom is 0.253 e. The molecule has 6 heteroatoms. The first-order chi connectivity index (χ1) is 11.3. The van der Waals surface area contributed by atoms with E-state index >= 15 is 0 Å². The molecule has 1 aliphatic heterocycles. The number of anilines is 1. The second-order valence-corrected chi connectivity index (χ2v) is 6.87. The van der Waals surface area contributed by atoms with Crippen molar-refractivity contribution >= 4 is 23.2 Å². The molecule has 3 N–H and O–H groups in total. The van der Waals surface area contributed by atoms with Crippen molar-refractivity contribution in [2.45, 2.75) is 31.9 Å². The average Bonchev–Trinajstić information content (AvgIpc) is 2.50. The molecule has 0 fully saturated rings. The van der Waals surface area contributed by atoms with Gasteiger partial charge in [-0.25, -0.2) is 4.39 Å². The maximum atomic E-state index is 13.6. The van der Waals surface area contributed by atoms with E-state index in [-0.39, 0.29) is 16.6 Å². The quantitative estimate of drug-likeness (QED) is 0.803. The van der Waals surface area contributed by atoms with Crippen LogP contribution in [0.1, 0.15) is 42.2 Å². The summed E-state index contributed by atoms with van der Waals surface area (Å²) in [5.41, 5.74) is 6.89. The first kappa shape index (κ1) is 16.6. The zero-order valence-corrected chi connectivity index (χ0v) is 14.2. The molecule has 1 atom stereocenters. The van der Waals surface area contributed by atoms with Crippen molar-refractivity contribution in [1.29, 1.82) is 0 Å². The van der Waals surface area contributed by atoms with Gasteiger partial charge in [0.1, 0.15) is 17.2 Å². The number of halogens is 2. The molecule has 2 aromatic carbocycles. The molecule has 0 saturated heterocycles. The van der Waals surface area contributed by atoms with E-state index in [0.717, 1.165) is 5.56 Å². The predicted molar refractivity (Wildman–Crippen MR) is 91.8 cm³/mol. The highest BCUT2D eigenvalue weighted by Gasteiger charge is 2.35. The fraction of sp³-hybridized carbons (Fsp3) is 0.278. The largest absolute Gasteiger partial charge is 0.487 e. The van der Waals surface area contributed by atoms with Gasteiger partial charge in [-0.3, -0.25) is 4.79 Å². The van der Waals surface area contributed by atoms with E-state index < -0.39 is 17.3 Å². The van der Waals surface area contributed by atoms with Gasteiger partial charge >= 0.3 is 0 Å². The highest BCUT2D eigenvalue weighted by Crippen LogP contribution is 2.40. The van der Waals surface area contributed by atoms with Gasteiger partial charge in [0, 0.05) is 17.7 Å². The molecule has 0 saturated carbocycles.